The first-order chi connectivity index (χ1) is 15.4. The van der Waals surface area contributed by atoms with Crippen LogP contribution in [-0.4, -0.2) is 47.6 Å². The Morgan fingerprint density at radius 2 is 1.85 bits per heavy atom. The quantitative estimate of drug-likeness (QED) is 0.334. The van der Waals surface area contributed by atoms with Gasteiger partial charge in [0.15, 0.2) is 18.2 Å². The average Bonchev–Trinajstić information content (AvgIpc) is 3.47. The predicted octanol–water partition coefficient (Wildman–Crippen LogP) is 3.38. The summed E-state index contributed by atoms with van der Waals surface area (Å²) in [6, 6.07) is -0.889. The lowest BCUT2D eigenvalue weighted by atomic mass is 10.1. The topological polar surface area (TPSA) is 75.7 Å². The van der Waals surface area contributed by atoms with Crippen LogP contribution in [0, 0.1) is 23.4 Å². The van der Waals surface area contributed by atoms with Crippen LogP contribution in [0.15, 0.2) is 12.1 Å². The molecule has 12 heteroatoms. The van der Waals surface area contributed by atoms with Crippen molar-refractivity contribution in [2.24, 2.45) is 5.92 Å². The molecule has 2 atom stereocenters. The van der Waals surface area contributed by atoms with Crippen LogP contribution >= 0.6 is 0 Å². The summed E-state index contributed by atoms with van der Waals surface area (Å²) in [4.78, 5) is 37.9. The van der Waals surface area contributed by atoms with Crippen LogP contribution in [0.25, 0.3) is 0 Å². The lowest BCUT2D eigenvalue weighted by Crippen LogP contribution is -2.45. The molecule has 33 heavy (non-hydrogen) atoms. The van der Waals surface area contributed by atoms with E-state index >= 15 is 0 Å². The first kappa shape index (κ1) is 24.8. The Morgan fingerprint density at radius 3 is 2.48 bits per heavy atom. The molecule has 182 valence electrons. The van der Waals surface area contributed by atoms with Crippen molar-refractivity contribution in [2.75, 3.05) is 6.61 Å². The van der Waals surface area contributed by atoms with Gasteiger partial charge in [-0.3, -0.25) is 9.59 Å². The van der Waals surface area contributed by atoms with E-state index in [9.17, 15) is 40.7 Å². The van der Waals surface area contributed by atoms with Crippen LogP contribution in [-0.2, 0) is 25.7 Å². The van der Waals surface area contributed by atoms with E-state index in [1.165, 1.54) is 0 Å². The molecule has 1 aliphatic carbocycles. The predicted molar refractivity (Wildman–Crippen MR) is 101 cm³/mol. The van der Waals surface area contributed by atoms with E-state index in [0.29, 0.717) is 6.07 Å². The molecule has 1 saturated heterocycles. The maximum atomic E-state index is 14.0. The fourth-order valence-electron chi connectivity index (χ4n) is 3.75. The summed E-state index contributed by atoms with van der Waals surface area (Å²) in [6.07, 6.45) is -3.12. The molecule has 1 N–H and O–H groups in total. The Kier molecular flexibility index (Phi) is 7.53. The number of nitrogens with one attached hydrogen (secondary N) is 1. The third-order valence-corrected chi connectivity index (χ3v) is 5.55. The number of hydrogen-bond donors (Lipinski definition) is 1. The normalized spacial score (nSPS) is 19.5. The van der Waals surface area contributed by atoms with Gasteiger partial charge in [0.05, 0.1) is 0 Å². The van der Waals surface area contributed by atoms with Gasteiger partial charge < -0.3 is 15.0 Å². The number of ether oxygens (including phenoxy) is 1. The van der Waals surface area contributed by atoms with Gasteiger partial charge in [-0.1, -0.05) is 12.8 Å². The molecular weight excluding hydrogens is 458 g/mol. The molecule has 0 aromatic heterocycles. The molecule has 1 aromatic carbocycles. The van der Waals surface area contributed by atoms with Crippen LogP contribution in [0.1, 0.15) is 44.1 Å². The molecule has 0 bridgehead atoms. The number of alkyl halides is 3. The Labute approximate surface area is 185 Å². The largest absolute Gasteiger partial charge is 0.455 e. The van der Waals surface area contributed by atoms with E-state index in [1.54, 1.807) is 0 Å². The van der Waals surface area contributed by atoms with E-state index in [0.717, 1.165) is 23.8 Å². The second-order valence-electron chi connectivity index (χ2n) is 8.30. The zero-order chi connectivity index (χ0) is 24.3. The molecule has 0 radical (unpaired) electrons. The summed E-state index contributed by atoms with van der Waals surface area (Å²) in [5.41, 5.74) is -0.393. The number of carbonyl (C=O) groups excluding carboxylic acids is 3. The summed E-state index contributed by atoms with van der Waals surface area (Å²) < 4.78 is 82.3. The number of hydrogen-bond acceptors (Lipinski definition) is 4. The third-order valence-electron chi connectivity index (χ3n) is 5.55. The van der Waals surface area contributed by atoms with Crippen molar-refractivity contribution in [1.82, 2.24) is 10.2 Å². The minimum atomic E-state index is -4.71. The monoisotopic (exact) mass is 480 g/mol. The van der Waals surface area contributed by atoms with Gasteiger partial charge in [0.1, 0.15) is 11.9 Å². The van der Waals surface area contributed by atoms with Crippen molar-refractivity contribution < 1.29 is 45.5 Å². The van der Waals surface area contributed by atoms with Crippen LogP contribution in [0.2, 0.25) is 0 Å². The second-order valence-corrected chi connectivity index (χ2v) is 8.30. The van der Waals surface area contributed by atoms with Gasteiger partial charge in [-0.25, -0.2) is 18.0 Å². The number of esters is 1. The van der Waals surface area contributed by atoms with Gasteiger partial charge in [0.2, 0.25) is 11.8 Å². The summed E-state index contributed by atoms with van der Waals surface area (Å²) in [5, 5.41) is 2.37. The number of carbonyl (C=O) groups is 3. The zero-order valence-electron chi connectivity index (χ0n) is 17.4. The molecule has 2 aliphatic rings. The molecule has 6 nitrogen and oxygen atoms in total. The molecule has 2 fully saturated rings. The number of halogens is 6. The van der Waals surface area contributed by atoms with Crippen LogP contribution < -0.4 is 5.32 Å². The standard InChI is InChI=1S/C21H22F6N2O4/c22-13-6-12(19(24)15(23)7-13)9-29-14(3-4-18(29)31)8-17(30)28-16(5-11-1-2-11)20(32)33-10-21(25,26)27/h6-7,11,14,16H,1-5,8-10H2,(H,28,30)/t14-,16-/m0/s1. The number of likely N-dealkylation sites (tertiary alicyclic amines) is 1. The molecule has 2 amide bonds. The summed E-state index contributed by atoms with van der Waals surface area (Å²) in [5.74, 6) is -6.02. The average molecular weight is 480 g/mol. The van der Waals surface area contributed by atoms with Crippen LogP contribution in [0.4, 0.5) is 26.3 Å². The van der Waals surface area contributed by atoms with Crippen molar-refractivity contribution in [3.8, 4) is 0 Å². The fourth-order valence-corrected chi connectivity index (χ4v) is 3.75. The lowest BCUT2D eigenvalue weighted by Gasteiger charge is -2.26. The smallest absolute Gasteiger partial charge is 0.422 e. The molecule has 1 heterocycles. The minimum absolute atomic E-state index is 0.0243. The van der Waals surface area contributed by atoms with Crippen molar-refractivity contribution in [3.63, 3.8) is 0 Å². The first-order valence-corrected chi connectivity index (χ1v) is 10.4. The summed E-state index contributed by atoms with van der Waals surface area (Å²) in [7, 11) is 0. The van der Waals surface area contributed by atoms with Gasteiger partial charge in [0.25, 0.3) is 0 Å². The maximum Gasteiger partial charge on any atom is 0.422 e. The molecule has 1 aliphatic heterocycles. The molecule has 0 unspecified atom stereocenters. The van der Waals surface area contributed by atoms with Crippen LogP contribution in [0.5, 0.6) is 0 Å². The van der Waals surface area contributed by atoms with Gasteiger partial charge in [-0.2, -0.15) is 13.2 Å². The number of rotatable bonds is 9. The summed E-state index contributed by atoms with van der Waals surface area (Å²) in [6.45, 7) is -2.24. The number of nitrogens with zero attached hydrogens (tertiary/aromatic N) is 1. The highest BCUT2D eigenvalue weighted by molar-refractivity contribution is 5.86. The Balaban J connectivity index is 1.63. The van der Waals surface area contributed by atoms with Crippen molar-refractivity contribution in [2.45, 2.75) is 63.3 Å². The SMILES string of the molecule is O=C(C[C@@H]1CCC(=O)N1Cc1cc(F)cc(F)c1F)N[C@@H](CC1CC1)C(=O)OCC(F)(F)F. The number of benzene rings is 1. The molecule has 1 saturated carbocycles. The van der Waals surface area contributed by atoms with E-state index < -0.39 is 72.2 Å². The van der Waals surface area contributed by atoms with Gasteiger partial charge >= 0.3 is 12.1 Å². The first-order valence-electron chi connectivity index (χ1n) is 10.4. The van der Waals surface area contributed by atoms with E-state index in [-0.39, 0.29) is 31.6 Å². The lowest BCUT2D eigenvalue weighted by molar-refractivity contribution is -0.188. The van der Waals surface area contributed by atoms with Gasteiger partial charge in [0, 0.05) is 37.1 Å². The molecule has 1 aromatic rings. The van der Waals surface area contributed by atoms with Crippen LogP contribution in [0.3, 0.4) is 0 Å². The van der Waals surface area contributed by atoms with E-state index in [1.807, 2.05) is 0 Å². The minimum Gasteiger partial charge on any atom is -0.455 e. The van der Waals surface area contributed by atoms with E-state index in [2.05, 4.69) is 10.1 Å². The maximum absolute atomic E-state index is 14.0. The van der Waals surface area contributed by atoms with Crippen molar-refractivity contribution in [3.05, 3.63) is 35.1 Å². The van der Waals surface area contributed by atoms with Gasteiger partial charge in [-0.05, 0) is 24.8 Å². The fraction of sp³-hybridized carbons (Fsp3) is 0.571. The molecular formula is C21H22F6N2O4. The number of amides is 2. The van der Waals surface area contributed by atoms with E-state index in [4.69, 9.17) is 0 Å². The second kappa shape index (κ2) is 10.0. The molecule has 3 rings (SSSR count). The Hall–Kier alpha value is -2.79. The zero-order valence-corrected chi connectivity index (χ0v) is 17.4. The highest BCUT2D eigenvalue weighted by atomic mass is 19.4. The highest BCUT2D eigenvalue weighted by Crippen LogP contribution is 2.34. The summed E-state index contributed by atoms with van der Waals surface area (Å²) >= 11 is 0. The highest BCUT2D eigenvalue weighted by Gasteiger charge is 2.37. The van der Waals surface area contributed by atoms with Crippen molar-refractivity contribution in [1.29, 1.82) is 0 Å². The Morgan fingerprint density at radius 1 is 1.15 bits per heavy atom. The van der Waals surface area contributed by atoms with Gasteiger partial charge in [-0.15, -0.1) is 0 Å². The third kappa shape index (κ3) is 7.10. The Bertz CT molecular complexity index is 919. The molecule has 0 spiro atoms. The van der Waals surface area contributed by atoms with Crippen molar-refractivity contribution >= 4 is 17.8 Å².